The molecule has 0 unspecified atom stereocenters. The van der Waals surface area contributed by atoms with E-state index in [-0.39, 0.29) is 11.5 Å². The van der Waals surface area contributed by atoms with Crippen LogP contribution in [0.15, 0.2) is 35.4 Å². The van der Waals surface area contributed by atoms with Crippen LogP contribution in [0.4, 0.5) is 0 Å². The molecule has 0 radical (unpaired) electrons. The van der Waals surface area contributed by atoms with Gasteiger partial charge in [0.1, 0.15) is 0 Å². The number of nitrogens with zero attached hydrogens (tertiary/aromatic N) is 4. The maximum atomic E-state index is 13.2. The number of carbonyl (C=O) groups excluding carboxylic acids is 1. The molecule has 4 rings (SSSR count). The van der Waals surface area contributed by atoms with Crippen LogP contribution < -0.4 is 5.56 Å². The summed E-state index contributed by atoms with van der Waals surface area (Å²) in [5, 5.41) is 0.591. The molecule has 0 saturated carbocycles. The van der Waals surface area contributed by atoms with Crippen molar-refractivity contribution >= 4 is 16.8 Å². The zero-order valence-electron chi connectivity index (χ0n) is 18.5. The fourth-order valence-electron chi connectivity index (χ4n) is 5.23. The first-order valence-corrected chi connectivity index (χ1v) is 11.6. The molecule has 1 aromatic heterocycles. The van der Waals surface area contributed by atoms with Crippen LogP contribution in [-0.2, 0) is 16.1 Å². The quantitative estimate of drug-likeness (QED) is 0.649. The molecule has 2 saturated heterocycles. The van der Waals surface area contributed by atoms with E-state index in [4.69, 9.17) is 4.74 Å². The number of rotatable bonds is 8. The monoisotopic (exact) mass is 426 g/mol. The minimum atomic E-state index is -0.0908. The van der Waals surface area contributed by atoms with E-state index in [1.807, 2.05) is 23.1 Å². The highest BCUT2D eigenvalue weighted by atomic mass is 16.5. The molecule has 2 fully saturated rings. The lowest BCUT2D eigenvalue weighted by molar-refractivity contribution is -0.133. The minimum Gasteiger partial charge on any atom is -0.383 e. The maximum Gasteiger partial charge on any atom is 0.261 e. The lowest BCUT2D eigenvalue weighted by atomic mass is 9.83. The smallest absolute Gasteiger partial charge is 0.261 e. The number of amides is 1. The highest BCUT2D eigenvalue weighted by Crippen LogP contribution is 2.31. The number of methoxy groups -OCH3 is 1. The maximum absolute atomic E-state index is 13.2. The zero-order valence-corrected chi connectivity index (χ0v) is 18.5. The second-order valence-corrected chi connectivity index (χ2v) is 8.84. The topological polar surface area (TPSA) is 67.7 Å². The number of hydrogen-bond acceptors (Lipinski definition) is 5. The summed E-state index contributed by atoms with van der Waals surface area (Å²) in [6, 6.07) is 7.93. The number of para-hydroxylation sites is 1. The summed E-state index contributed by atoms with van der Waals surface area (Å²) in [6.07, 6.45) is 8.08. The molecule has 0 bridgehead atoms. The fraction of sp³-hybridized carbons (Fsp3) is 0.625. The van der Waals surface area contributed by atoms with E-state index in [0.717, 1.165) is 6.54 Å². The van der Waals surface area contributed by atoms with Gasteiger partial charge in [0, 0.05) is 39.2 Å². The van der Waals surface area contributed by atoms with Crippen LogP contribution >= 0.6 is 0 Å². The molecule has 2 aliphatic heterocycles. The Morgan fingerprint density at radius 1 is 1.19 bits per heavy atom. The number of aryl methyl sites for hydroxylation is 1. The van der Waals surface area contributed by atoms with Gasteiger partial charge >= 0.3 is 0 Å². The summed E-state index contributed by atoms with van der Waals surface area (Å²) in [5.74, 6) is 0.616. The van der Waals surface area contributed by atoms with Crippen LogP contribution in [0, 0.1) is 5.92 Å². The fourth-order valence-corrected chi connectivity index (χ4v) is 5.23. The molecule has 3 heterocycles. The van der Waals surface area contributed by atoms with E-state index in [1.54, 1.807) is 24.1 Å². The predicted molar refractivity (Wildman–Crippen MR) is 121 cm³/mol. The summed E-state index contributed by atoms with van der Waals surface area (Å²) in [4.78, 5) is 34.8. The zero-order chi connectivity index (χ0) is 21.6. The number of carbonyl (C=O) groups is 1. The Morgan fingerprint density at radius 2 is 2.03 bits per heavy atom. The van der Waals surface area contributed by atoms with E-state index in [0.29, 0.717) is 49.0 Å². The predicted octanol–water partition coefficient (Wildman–Crippen LogP) is 2.53. The Labute approximate surface area is 184 Å². The normalized spacial score (nSPS) is 21.7. The standard InChI is InChI=1S/C24H34N4O3/c1-31-16-15-27(17-19-7-6-13-26-12-5-4-10-22(19)26)23(29)11-14-28-18-25-21-9-3-2-8-20(21)24(28)30/h2-3,8-9,18-19,22H,4-7,10-17H2,1H3/t19-,22+/m0/s1. The third-order valence-electron chi connectivity index (χ3n) is 6.90. The number of fused-ring (bicyclic) bond motifs is 2. The number of aromatic nitrogens is 2. The van der Waals surface area contributed by atoms with Gasteiger partial charge in [-0.15, -0.1) is 0 Å². The van der Waals surface area contributed by atoms with Crippen molar-refractivity contribution < 1.29 is 9.53 Å². The van der Waals surface area contributed by atoms with Gasteiger partial charge in [0.15, 0.2) is 0 Å². The van der Waals surface area contributed by atoms with E-state index >= 15 is 0 Å². The number of piperidine rings is 2. The molecule has 7 nitrogen and oxygen atoms in total. The molecule has 1 amide bonds. The molecular formula is C24H34N4O3. The van der Waals surface area contributed by atoms with Gasteiger partial charge < -0.3 is 14.5 Å². The van der Waals surface area contributed by atoms with Gasteiger partial charge in [-0.25, -0.2) is 4.98 Å². The van der Waals surface area contributed by atoms with Crippen molar-refractivity contribution in [1.29, 1.82) is 0 Å². The molecule has 1 aromatic carbocycles. The van der Waals surface area contributed by atoms with Gasteiger partial charge in [-0.1, -0.05) is 18.6 Å². The van der Waals surface area contributed by atoms with Gasteiger partial charge in [0.2, 0.25) is 5.91 Å². The Hall–Kier alpha value is -2.25. The second-order valence-electron chi connectivity index (χ2n) is 8.84. The van der Waals surface area contributed by atoms with Crippen LogP contribution in [-0.4, -0.2) is 71.2 Å². The van der Waals surface area contributed by atoms with E-state index in [1.165, 1.54) is 45.2 Å². The van der Waals surface area contributed by atoms with E-state index < -0.39 is 0 Å². The molecule has 2 aromatic rings. The molecular weight excluding hydrogens is 392 g/mol. The molecule has 2 atom stereocenters. The Morgan fingerprint density at radius 3 is 2.90 bits per heavy atom. The number of ether oxygens (including phenoxy) is 1. The second kappa shape index (κ2) is 10.4. The Kier molecular flexibility index (Phi) is 7.35. The van der Waals surface area contributed by atoms with Gasteiger partial charge in [-0.3, -0.25) is 14.2 Å². The average Bonchev–Trinajstić information content (AvgIpc) is 2.81. The summed E-state index contributed by atoms with van der Waals surface area (Å²) in [6.45, 7) is 4.66. The lowest BCUT2D eigenvalue weighted by Gasteiger charge is -2.45. The molecule has 0 N–H and O–H groups in total. The first-order valence-electron chi connectivity index (χ1n) is 11.6. The van der Waals surface area contributed by atoms with E-state index in [2.05, 4.69) is 9.88 Å². The summed E-state index contributed by atoms with van der Waals surface area (Å²) >= 11 is 0. The Bertz CT molecular complexity index is 942. The lowest BCUT2D eigenvalue weighted by Crippen LogP contribution is -2.52. The summed E-state index contributed by atoms with van der Waals surface area (Å²) in [7, 11) is 1.67. The highest BCUT2D eigenvalue weighted by Gasteiger charge is 2.34. The first-order chi connectivity index (χ1) is 15.2. The first kappa shape index (κ1) is 22.0. The molecule has 2 aliphatic rings. The number of hydrogen-bond donors (Lipinski definition) is 0. The van der Waals surface area contributed by atoms with Crippen LogP contribution in [0.3, 0.4) is 0 Å². The van der Waals surface area contributed by atoms with E-state index in [9.17, 15) is 9.59 Å². The third-order valence-corrected chi connectivity index (χ3v) is 6.90. The van der Waals surface area contributed by atoms with Gasteiger partial charge in [-0.05, 0) is 56.8 Å². The molecule has 0 spiro atoms. The SMILES string of the molecule is COCCN(C[C@@H]1CCCN2CCCC[C@H]12)C(=O)CCn1cnc2ccccc2c1=O. The minimum absolute atomic E-state index is 0.0880. The van der Waals surface area contributed by atoms with Crippen LogP contribution in [0.25, 0.3) is 10.9 Å². The van der Waals surface area contributed by atoms with Crippen molar-refractivity contribution in [2.75, 3.05) is 39.9 Å². The largest absolute Gasteiger partial charge is 0.383 e. The van der Waals surface area contributed by atoms with Gasteiger partial charge in [-0.2, -0.15) is 0 Å². The summed E-state index contributed by atoms with van der Waals surface area (Å²) in [5.41, 5.74) is 0.595. The average molecular weight is 427 g/mol. The Balaban J connectivity index is 1.42. The van der Waals surface area contributed by atoms with Crippen molar-refractivity contribution in [3.8, 4) is 0 Å². The third kappa shape index (κ3) is 5.15. The van der Waals surface area contributed by atoms with Crippen molar-refractivity contribution in [3.63, 3.8) is 0 Å². The van der Waals surface area contributed by atoms with Crippen LogP contribution in [0.5, 0.6) is 0 Å². The molecule has 31 heavy (non-hydrogen) atoms. The van der Waals surface area contributed by atoms with Crippen molar-refractivity contribution in [2.45, 2.75) is 51.1 Å². The van der Waals surface area contributed by atoms with Crippen molar-refractivity contribution in [2.24, 2.45) is 5.92 Å². The van der Waals surface area contributed by atoms with Crippen molar-refractivity contribution in [1.82, 2.24) is 19.4 Å². The molecule has 168 valence electrons. The number of benzene rings is 1. The highest BCUT2D eigenvalue weighted by molar-refractivity contribution is 5.77. The summed E-state index contributed by atoms with van der Waals surface area (Å²) < 4.78 is 6.83. The van der Waals surface area contributed by atoms with Gasteiger partial charge in [0.25, 0.3) is 5.56 Å². The van der Waals surface area contributed by atoms with Crippen LogP contribution in [0.1, 0.15) is 38.5 Å². The van der Waals surface area contributed by atoms with Crippen LogP contribution in [0.2, 0.25) is 0 Å². The molecule has 7 heteroatoms. The molecule has 0 aliphatic carbocycles. The van der Waals surface area contributed by atoms with Gasteiger partial charge in [0.05, 0.1) is 23.8 Å². The van der Waals surface area contributed by atoms with Crippen molar-refractivity contribution in [3.05, 3.63) is 40.9 Å².